The number of carbonyl (C=O) groups is 2. The number of ether oxygens (including phenoxy) is 5. The van der Waals surface area contributed by atoms with E-state index in [1.54, 1.807) is 30.3 Å². The average molecular weight is 416 g/mol. The lowest BCUT2D eigenvalue weighted by atomic mass is 10.1. The Bertz CT molecular complexity index is 874. The molecule has 0 fully saturated rings. The monoisotopic (exact) mass is 416 g/mol. The second-order valence-corrected chi connectivity index (χ2v) is 6.97. The van der Waals surface area contributed by atoms with Gasteiger partial charge in [0.1, 0.15) is 0 Å². The normalized spacial score (nSPS) is 10.5. The minimum Gasteiger partial charge on any atom is -0.493 e. The first-order valence-corrected chi connectivity index (χ1v) is 9.62. The van der Waals surface area contributed by atoms with E-state index < -0.39 is 12.6 Å². The summed E-state index contributed by atoms with van der Waals surface area (Å²) in [6.07, 6.45) is 0.908. The molecule has 0 spiro atoms. The lowest BCUT2D eigenvalue weighted by Crippen LogP contribution is -2.14. The van der Waals surface area contributed by atoms with Gasteiger partial charge in [0.25, 0.3) is 0 Å². The van der Waals surface area contributed by atoms with E-state index in [0.29, 0.717) is 41.1 Å². The van der Waals surface area contributed by atoms with Gasteiger partial charge in [-0.3, -0.25) is 4.79 Å². The quantitative estimate of drug-likeness (QED) is 0.402. The Morgan fingerprint density at radius 3 is 2.00 bits per heavy atom. The molecule has 7 nitrogen and oxygen atoms in total. The van der Waals surface area contributed by atoms with Crippen LogP contribution in [0, 0.1) is 5.92 Å². The molecule has 0 aromatic heterocycles. The third-order valence-corrected chi connectivity index (χ3v) is 4.39. The van der Waals surface area contributed by atoms with Gasteiger partial charge in [-0.05, 0) is 48.7 Å². The lowest BCUT2D eigenvalue weighted by molar-refractivity contribution is 0.0474. The molecule has 0 aliphatic heterocycles. The number of ketones is 1. The number of esters is 1. The maximum absolute atomic E-state index is 12.4. The summed E-state index contributed by atoms with van der Waals surface area (Å²) in [6, 6.07) is 9.53. The van der Waals surface area contributed by atoms with Crippen LogP contribution in [0.25, 0.3) is 0 Å². The van der Waals surface area contributed by atoms with Crippen LogP contribution in [0.5, 0.6) is 23.0 Å². The number of methoxy groups -OCH3 is 3. The molecular weight excluding hydrogens is 388 g/mol. The highest BCUT2D eigenvalue weighted by Crippen LogP contribution is 2.29. The van der Waals surface area contributed by atoms with Gasteiger partial charge in [0.15, 0.2) is 35.4 Å². The first kappa shape index (κ1) is 23.1. The Kier molecular flexibility index (Phi) is 8.53. The largest absolute Gasteiger partial charge is 0.493 e. The van der Waals surface area contributed by atoms with Gasteiger partial charge < -0.3 is 23.7 Å². The van der Waals surface area contributed by atoms with Crippen LogP contribution in [0.2, 0.25) is 0 Å². The Morgan fingerprint density at radius 1 is 0.800 bits per heavy atom. The smallest absolute Gasteiger partial charge is 0.338 e. The van der Waals surface area contributed by atoms with Crippen LogP contribution in [0.4, 0.5) is 0 Å². The minimum absolute atomic E-state index is 0.267. The third-order valence-electron chi connectivity index (χ3n) is 4.39. The van der Waals surface area contributed by atoms with Gasteiger partial charge in [-0.2, -0.15) is 0 Å². The number of Topliss-reactive ketones (excluding diaryl/α,β-unsaturated/α-hetero) is 1. The maximum atomic E-state index is 12.4. The Morgan fingerprint density at radius 2 is 1.37 bits per heavy atom. The van der Waals surface area contributed by atoms with Crippen LogP contribution in [0.15, 0.2) is 36.4 Å². The highest BCUT2D eigenvalue weighted by atomic mass is 16.5. The molecule has 0 heterocycles. The highest BCUT2D eigenvalue weighted by molar-refractivity contribution is 6.00. The van der Waals surface area contributed by atoms with E-state index in [2.05, 4.69) is 13.8 Å². The Labute approximate surface area is 176 Å². The zero-order valence-electron chi connectivity index (χ0n) is 18.0. The average Bonchev–Trinajstić information content (AvgIpc) is 2.76. The summed E-state index contributed by atoms with van der Waals surface area (Å²) < 4.78 is 26.5. The van der Waals surface area contributed by atoms with E-state index in [0.717, 1.165) is 6.42 Å². The molecule has 0 saturated heterocycles. The molecule has 0 radical (unpaired) electrons. The van der Waals surface area contributed by atoms with Crippen molar-refractivity contribution in [3.8, 4) is 23.0 Å². The molecule has 0 saturated carbocycles. The number of rotatable bonds is 11. The van der Waals surface area contributed by atoms with E-state index >= 15 is 0 Å². The van der Waals surface area contributed by atoms with E-state index in [4.69, 9.17) is 23.7 Å². The number of benzene rings is 2. The van der Waals surface area contributed by atoms with Gasteiger partial charge in [0.05, 0.1) is 33.5 Å². The van der Waals surface area contributed by atoms with Crippen molar-refractivity contribution >= 4 is 11.8 Å². The molecular formula is C23H28O7. The van der Waals surface area contributed by atoms with Crippen LogP contribution < -0.4 is 18.9 Å². The van der Waals surface area contributed by atoms with Gasteiger partial charge in [0.2, 0.25) is 0 Å². The summed E-state index contributed by atoms with van der Waals surface area (Å²) in [5, 5.41) is 0. The first-order valence-electron chi connectivity index (χ1n) is 9.62. The van der Waals surface area contributed by atoms with Crippen molar-refractivity contribution < 1.29 is 33.3 Å². The van der Waals surface area contributed by atoms with Gasteiger partial charge in [0, 0.05) is 5.56 Å². The Balaban J connectivity index is 2.01. The number of hydrogen-bond acceptors (Lipinski definition) is 7. The zero-order valence-corrected chi connectivity index (χ0v) is 18.0. The van der Waals surface area contributed by atoms with Gasteiger partial charge in [-0.15, -0.1) is 0 Å². The van der Waals surface area contributed by atoms with Crippen molar-refractivity contribution in [3.05, 3.63) is 47.5 Å². The molecule has 0 N–H and O–H groups in total. The summed E-state index contributed by atoms with van der Waals surface area (Å²) in [5.74, 6) is 1.45. The molecule has 0 aliphatic carbocycles. The van der Waals surface area contributed by atoms with E-state index in [9.17, 15) is 9.59 Å². The van der Waals surface area contributed by atoms with Gasteiger partial charge in [-0.25, -0.2) is 4.79 Å². The SMILES string of the molecule is COc1ccc(C(=O)COC(=O)c2ccc(OCCC(C)C)c(OC)c2)cc1OC. The molecule has 7 heteroatoms. The van der Waals surface area contributed by atoms with Gasteiger partial charge in [-0.1, -0.05) is 13.8 Å². The topological polar surface area (TPSA) is 80.3 Å². The summed E-state index contributed by atoms with van der Waals surface area (Å²) in [6.45, 7) is 4.38. The molecule has 2 aromatic rings. The number of hydrogen-bond donors (Lipinski definition) is 0. The van der Waals surface area contributed by atoms with Crippen LogP contribution in [-0.2, 0) is 4.74 Å². The summed E-state index contributed by atoms with van der Waals surface area (Å²) >= 11 is 0. The first-order chi connectivity index (χ1) is 14.4. The maximum Gasteiger partial charge on any atom is 0.338 e. The zero-order chi connectivity index (χ0) is 22.1. The van der Waals surface area contributed by atoms with Crippen molar-refractivity contribution in [2.75, 3.05) is 34.5 Å². The van der Waals surface area contributed by atoms with Gasteiger partial charge >= 0.3 is 5.97 Å². The highest BCUT2D eigenvalue weighted by Gasteiger charge is 2.16. The minimum atomic E-state index is -0.629. The molecule has 162 valence electrons. The summed E-state index contributed by atoms with van der Waals surface area (Å²) in [7, 11) is 4.49. The molecule has 2 rings (SSSR count). The van der Waals surface area contributed by atoms with E-state index in [1.165, 1.54) is 27.4 Å². The second kappa shape index (κ2) is 11.1. The predicted octanol–water partition coefficient (Wildman–Crippen LogP) is 4.18. The molecule has 2 aromatic carbocycles. The van der Waals surface area contributed by atoms with Crippen LogP contribution in [0.3, 0.4) is 0 Å². The Hall–Kier alpha value is -3.22. The molecule has 0 unspecified atom stereocenters. The molecule has 0 amide bonds. The number of carbonyl (C=O) groups excluding carboxylic acids is 2. The van der Waals surface area contributed by atoms with Crippen LogP contribution in [-0.4, -0.2) is 46.3 Å². The lowest BCUT2D eigenvalue weighted by Gasteiger charge is -2.13. The van der Waals surface area contributed by atoms with Crippen molar-refractivity contribution in [3.63, 3.8) is 0 Å². The fraction of sp³-hybridized carbons (Fsp3) is 0.391. The van der Waals surface area contributed by atoms with Crippen LogP contribution in [0.1, 0.15) is 41.0 Å². The van der Waals surface area contributed by atoms with Crippen LogP contribution >= 0.6 is 0 Å². The molecule has 0 atom stereocenters. The summed E-state index contributed by atoms with van der Waals surface area (Å²) in [5.41, 5.74) is 0.620. The van der Waals surface area contributed by atoms with E-state index in [-0.39, 0.29) is 11.3 Å². The second-order valence-electron chi connectivity index (χ2n) is 6.97. The van der Waals surface area contributed by atoms with Crippen molar-refractivity contribution in [2.45, 2.75) is 20.3 Å². The predicted molar refractivity (Wildman–Crippen MR) is 112 cm³/mol. The van der Waals surface area contributed by atoms with Crippen molar-refractivity contribution in [2.24, 2.45) is 5.92 Å². The summed E-state index contributed by atoms with van der Waals surface area (Å²) in [4.78, 5) is 24.8. The van der Waals surface area contributed by atoms with E-state index in [1.807, 2.05) is 0 Å². The fourth-order valence-corrected chi connectivity index (χ4v) is 2.63. The molecule has 0 bridgehead atoms. The molecule has 30 heavy (non-hydrogen) atoms. The standard InChI is InChI=1S/C23H28O7/c1-15(2)10-11-29-20-9-7-17(13-22(20)28-5)23(25)30-14-18(24)16-6-8-19(26-3)21(12-16)27-4/h6-9,12-13,15H,10-11,14H2,1-5H3. The third kappa shape index (κ3) is 6.14. The fourth-order valence-electron chi connectivity index (χ4n) is 2.63. The van der Waals surface area contributed by atoms with Crippen molar-refractivity contribution in [1.29, 1.82) is 0 Å². The van der Waals surface area contributed by atoms with Crippen molar-refractivity contribution in [1.82, 2.24) is 0 Å². The molecule has 0 aliphatic rings.